The number of halogens is 2. The van der Waals surface area contributed by atoms with Gasteiger partial charge < -0.3 is 0 Å². The summed E-state index contributed by atoms with van der Waals surface area (Å²) in [7, 11) is 0. The summed E-state index contributed by atoms with van der Waals surface area (Å²) in [5.41, 5.74) is 6.01. The summed E-state index contributed by atoms with van der Waals surface area (Å²) in [5, 5.41) is 8.45. The van der Waals surface area contributed by atoms with Crippen LogP contribution in [0.1, 0.15) is 27.8 Å². The molecule has 2 rings (SSSR count). The van der Waals surface area contributed by atoms with Crippen molar-refractivity contribution in [2.45, 2.75) is 20.8 Å². The Morgan fingerprint density at radius 1 is 0.947 bits per heavy atom. The van der Waals surface area contributed by atoms with Gasteiger partial charge in [0.2, 0.25) is 0 Å². The molecule has 0 unspecified atom stereocenters. The van der Waals surface area contributed by atoms with Crippen LogP contribution in [0.4, 0.5) is 0 Å². The molecule has 2 aromatic rings. The molecule has 3 heteroatoms. The number of hydrogen-bond donors (Lipinski definition) is 1. The van der Waals surface area contributed by atoms with Gasteiger partial charge in [-0.05, 0) is 49.6 Å². The van der Waals surface area contributed by atoms with Gasteiger partial charge in [0.1, 0.15) is 0 Å². The summed E-state index contributed by atoms with van der Waals surface area (Å²) < 4.78 is 2.12. The third-order valence-corrected chi connectivity index (χ3v) is 5.01. The SMILES string of the molecule is Cc1cc(C)c(C(=N)c2ccc(Br)cc2)c(C)c1Br. The second-order valence-electron chi connectivity index (χ2n) is 4.71. The molecule has 0 aliphatic rings. The monoisotopic (exact) mass is 379 g/mol. The van der Waals surface area contributed by atoms with Gasteiger partial charge in [-0.3, -0.25) is 5.41 Å². The van der Waals surface area contributed by atoms with E-state index in [1.54, 1.807) is 0 Å². The largest absolute Gasteiger partial charge is 0.300 e. The van der Waals surface area contributed by atoms with E-state index in [2.05, 4.69) is 58.7 Å². The van der Waals surface area contributed by atoms with E-state index in [-0.39, 0.29) is 0 Å². The van der Waals surface area contributed by atoms with Crippen molar-refractivity contribution in [1.82, 2.24) is 0 Å². The first-order chi connectivity index (χ1) is 8.91. The Morgan fingerprint density at radius 3 is 2.11 bits per heavy atom. The molecule has 0 bridgehead atoms. The lowest BCUT2D eigenvalue weighted by Crippen LogP contribution is -2.07. The molecular weight excluding hydrogens is 366 g/mol. The highest BCUT2D eigenvalue weighted by molar-refractivity contribution is 9.10. The van der Waals surface area contributed by atoms with Crippen LogP contribution in [-0.4, -0.2) is 5.71 Å². The van der Waals surface area contributed by atoms with Crippen molar-refractivity contribution in [2.24, 2.45) is 0 Å². The smallest absolute Gasteiger partial charge is 0.0690 e. The number of rotatable bonds is 2. The first-order valence-electron chi connectivity index (χ1n) is 6.03. The van der Waals surface area contributed by atoms with Crippen LogP contribution < -0.4 is 0 Å². The van der Waals surface area contributed by atoms with E-state index in [0.717, 1.165) is 31.2 Å². The van der Waals surface area contributed by atoms with Crippen LogP contribution in [0.2, 0.25) is 0 Å². The Balaban J connectivity index is 2.56. The minimum Gasteiger partial charge on any atom is -0.300 e. The second-order valence-corrected chi connectivity index (χ2v) is 6.41. The summed E-state index contributed by atoms with van der Waals surface area (Å²) >= 11 is 7.04. The maximum atomic E-state index is 8.45. The van der Waals surface area contributed by atoms with Crippen molar-refractivity contribution in [1.29, 1.82) is 5.41 Å². The fourth-order valence-electron chi connectivity index (χ4n) is 2.31. The molecule has 0 amide bonds. The van der Waals surface area contributed by atoms with Crippen LogP contribution in [0.15, 0.2) is 39.3 Å². The lowest BCUT2D eigenvalue weighted by atomic mass is 9.92. The van der Waals surface area contributed by atoms with E-state index in [4.69, 9.17) is 5.41 Å². The van der Waals surface area contributed by atoms with Crippen molar-refractivity contribution in [2.75, 3.05) is 0 Å². The van der Waals surface area contributed by atoms with Gasteiger partial charge in [0.25, 0.3) is 0 Å². The van der Waals surface area contributed by atoms with E-state index in [1.807, 2.05) is 24.3 Å². The molecule has 0 fully saturated rings. The first kappa shape index (κ1) is 14.5. The maximum Gasteiger partial charge on any atom is 0.0690 e. The summed E-state index contributed by atoms with van der Waals surface area (Å²) in [6, 6.07) is 10.0. The van der Waals surface area contributed by atoms with Gasteiger partial charge in [-0.25, -0.2) is 0 Å². The Hall–Kier alpha value is -0.930. The standard InChI is InChI=1S/C16H15Br2N/c1-9-8-10(2)15(18)11(3)14(9)16(19)12-4-6-13(17)7-5-12/h4-8,19H,1-3H3. The summed E-state index contributed by atoms with van der Waals surface area (Å²) in [6.07, 6.45) is 0. The van der Waals surface area contributed by atoms with Crippen LogP contribution >= 0.6 is 31.9 Å². The van der Waals surface area contributed by atoms with Crippen molar-refractivity contribution < 1.29 is 0 Å². The molecule has 1 nitrogen and oxygen atoms in total. The lowest BCUT2D eigenvalue weighted by Gasteiger charge is -2.15. The van der Waals surface area contributed by atoms with Gasteiger partial charge in [-0.15, -0.1) is 0 Å². The van der Waals surface area contributed by atoms with Crippen molar-refractivity contribution >= 4 is 37.6 Å². The highest BCUT2D eigenvalue weighted by Gasteiger charge is 2.14. The zero-order chi connectivity index (χ0) is 14.2. The van der Waals surface area contributed by atoms with Gasteiger partial charge >= 0.3 is 0 Å². The molecule has 0 aliphatic carbocycles. The topological polar surface area (TPSA) is 23.9 Å². The van der Waals surface area contributed by atoms with Crippen LogP contribution in [-0.2, 0) is 0 Å². The molecule has 0 radical (unpaired) electrons. The highest BCUT2D eigenvalue weighted by atomic mass is 79.9. The Kier molecular flexibility index (Phi) is 4.26. The second kappa shape index (κ2) is 5.59. The number of nitrogens with one attached hydrogen (secondary N) is 1. The molecule has 2 aromatic carbocycles. The number of benzene rings is 2. The molecule has 0 saturated carbocycles. The summed E-state index contributed by atoms with van der Waals surface area (Å²) in [4.78, 5) is 0. The molecule has 0 aromatic heterocycles. The number of aryl methyl sites for hydroxylation is 2. The van der Waals surface area contributed by atoms with E-state index in [0.29, 0.717) is 5.71 Å². The lowest BCUT2D eigenvalue weighted by molar-refractivity contribution is 1.26. The average molecular weight is 381 g/mol. The molecule has 19 heavy (non-hydrogen) atoms. The van der Waals surface area contributed by atoms with Crippen molar-refractivity contribution in [3.63, 3.8) is 0 Å². The third-order valence-electron chi connectivity index (χ3n) is 3.26. The van der Waals surface area contributed by atoms with Gasteiger partial charge in [0.05, 0.1) is 5.71 Å². The Bertz CT molecular complexity index is 643. The third kappa shape index (κ3) is 2.82. The predicted octanol–water partition coefficient (Wildman–Crippen LogP) is 5.55. The van der Waals surface area contributed by atoms with Crippen molar-refractivity contribution in [3.05, 3.63) is 67.1 Å². The first-order valence-corrected chi connectivity index (χ1v) is 7.61. The molecule has 0 spiro atoms. The van der Waals surface area contributed by atoms with Gasteiger partial charge in [0.15, 0.2) is 0 Å². The minimum atomic E-state index is 0.572. The molecular formula is C16H15Br2N. The van der Waals surface area contributed by atoms with E-state index in [9.17, 15) is 0 Å². The van der Waals surface area contributed by atoms with E-state index >= 15 is 0 Å². The van der Waals surface area contributed by atoms with E-state index < -0.39 is 0 Å². The maximum absolute atomic E-state index is 8.45. The van der Waals surface area contributed by atoms with E-state index in [1.165, 1.54) is 5.56 Å². The van der Waals surface area contributed by atoms with Crippen LogP contribution in [0.5, 0.6) is 0 Å². The predicted molar refractivity (Wildman–Crippen MR) is 88.4 cm³/mol. The summed E-state index contributed by atoms with van der Waals surface area (Å²) in [5.74, 6) is 0. The van der Waals surface area contributed by atoms with Crippen LogP contribution in [0.3, 0.4) is 0 Å². The normalized spacial score (nSPS) is 10.6. The molecule has 0 heterocycles. The fourth-order valence-corrected chi connectivity index (χ4v) is 2.88. The fraction of sp³-hybridized carbons (Fsp3) is 0.188. The van der Waals surface area contributed by atoms with Crippen LogP contribution in [0.25, 0.3) is 0 Å². The van der Waals surface area contributed by atoms with Crippen molar-refractivity contribution in [3.8, 4) is 0 Å². The zero-order valence-electron chi connectivity index (χ0n) is 11.1. The zero-order valence-corrected chi connectivity index (χ0v) is 14.3. The molecule has 0 aliphatic heterocycles. The van der Waals surface area contributed by atoms with Gasteiger partial charge in [-0.2, -0.15) is 0 Å². The minimum absolute atomic E-state index is 0.572. The molecule has 0 saturated heterocycles. The van der Waals surface area contributed by atoms with Gasteiger partial charge in [0, 0.05) is 20.1 Å². The average Bonchev–Trinajstić information content (AvgIpc) is 2.37. The molecule has 0 atom stereocenters. The summed E-state index contributed by atoms with van der Waals surface area (Å²) in [6.45, 7) is 6.21. The molecule has 98 valence electrons. The number of hydrogen-bond acceptors (Lipinski definition) is 1. The molecule has 1 N–H and O–H groups in total. The Labute approximate surface area is 130 Å². The van der Waals surface area contributed by atoms with Crippen LogP contribution in [0, 0.1) is 26.2 Å². The Morgan fingerprint density at radius 2 is 1.53 bits per heavy atom. The van der Waals surface area contributed by atoms with Gasteiger partial charge in [-0.1, -0.05) is 50.1 Å². The quantitative estimate of drug-likeness (QED) is 0.660. The highest BCUT2D eigenvalue weighted by Crippen LogP contribution is 2.28.